The lowest BCUT2D eigenvalue weighted by Gasteiger charge is -2.18. The van der Waals surface area contributed by atoms with Crippen LogP contribution in [0.1, 0.15) is 26.3 Å². The molecule has 3 aromatic rings. The summed E-state index contributed by atoms with van der Waals surface area (Å²) < 4.78 is 7.21. The van der Waals surface area contributed by atoms with Crippen LogP contribution in [-0.4, -0.2) is 41.0 Å². The Bertz CT molecular complexity index is 1270. The second-order valence-corrected chi connectivity index (χ2v) is 8.35. The number of carbonyl (C=O) groups is 2. The van der Waals surface area contributed by atoms with Gasteiger partial charge in [0.25, 0.3) is 5.56 Å². The molecule has 0 atom stereocenters. The molecule has 2 aromatic carbocycles. The van der Waals surface area contributed by atoms with Crippen molar-refractivity contribution in [1.82, 2.24) is 9.47 Å². The number of likely N-dealkylation sites (N-methyl/N-ethyl adjacent to an activating group) is 1. The van der Waals surface area contributed by atoms with E-state index in [2.05, 4.69) is 0 Å². The number of ether oxygens (including phenoxy) is 1. The Hall–Kier alpha value is -3.45. The number of nitrogens with zero attached hydrogens (tertiary/aromatic N) is 2. The fourth-order valence-corrected chi connectivity index (χ4v) is 4.47. The zero-order chi connectivity index (χ0) is 23.8. The molecule has 0 saturated heterocycles. The monoisotopic (exact) mass is 464 g/mol. The highest BCUT2D eigenvalue weighted by molar-refractivity contribution is 7.07. The van der Waals surface area contributed by atoms with Crippen molar-refractivity contribution < 1.29 is 14.3 Å². The Morgan fingerprint density at radius 1 is 0.970 bits per heavy atom. The summed E-state index contributed by atoms with van der Waals surface area (Å²) in [6, 6.07) is 17.9. The second kappa shape index (κ2) is 11.4. The third-order valence-electron chi connectivity index (χ3n) is 5.19. The number of hydrogen-bond donors (Lipinski definition) is 0. The Labute approximate surface area is 197 Å². The first-order chi connectivity index (χ1) is 16.0. The van der Waals surface area contributed by atoms with Crippen molar-refractivity contribution in [3.63, 3.8) is 0 Å². The quantitative estimate of drug-likeness (QED) is 0.481. The molecule has 0 radical (unpaired) electrons. The number of carbonyl (C=O) groups excluding carboxylic acids is 2. The summed E-state index contributed by atoms with van der Waals surface area (Å²) in [7, 11) is 0. The van der Waals surface area contributed by atoms with E-state index in [0.29, 0.717) is 22.3 Å². The van der Waals surface area contributed by atoms with Crippen LogP contribution >= 0.6 is 11.3 Å². The average Bonchev–Trinajstić information content (AvgIpc) is 3.09. The van der Waals surface area contributed by atoms with Crippen molar-refractivity contribution in [2.24, 2.45) is 0 Å². The Kier molecular flexibility index (Phi) is 8.38. The zero-order valence-corrected chi connectivity index (χ0v) is 19.9. The van der Waals surface area contributed by atoms with Crippen LogP contribution in [0, 0.1) is 0 Å². The molecule has 33 heavy (non-hydrogen) atoms. The number of amides is 1. The standard InChI is InChI=1S/C26H28N2O4S/c1-4-27(5-2)23(29)18-28-24(17-25(30)32-6-3)33-22(26(28)31)16-19-12-14-21(15-13-19)20-10-8-7-9-11-20/h7-17H,4-6,18H2,1-3H3/b22-16-,24-17-. The molecule has 0 aliphatic heterocycles. The zero-order valence-electron chi connectivity index (χ0n) is 19.1. The summed E-state index contributed by atoms with van der Waals surface area (Å²) in [4.78, 5) is 39.5. The van der Waals surface area contributed by atoms with Gasteiger partial charge in [-0.15, -0.1) is 11.3 Å². The van der Waals surface area contributed by atoms with Crippen LogP contribution in [0.15, 0.2) is 59.4 Å². The fourth-order valence-electron chi connectivity index (χ4n) is 3.44. The van der Waals surface area contributed by atoms with E-state index in [9.17, 15) is 14.4 Å². The van der Waals surface area contributed by atoms with E-state index in [4.69, 9.17) is 4.74 Å². The van der Waals surface area contributed by atoms with Gasteiger partial charge < -0.3 is 9.64 Å². The normalized spacial score (nSPS) is 12.1. The minimum absolute atomic E-state index is 0.122. The average molecular weight is 465 g/mol. The van der Waals surface area contributed by atoms with Gasteiger partial charge in [-0.2, -0.15) is 0 Å². The van der Waals surface area contributed by atoms with E-state index in [1.54, 1.807) is 17.9 Å². The number of hydrogen-bond acceptors (Lipinski definition) is 5. The van der Waals surface area contributed by atoms with E-state index >= 15 is 0 Å². The van der Waals surface area contributed by atoms with Gasteiger partial charge >= 0.3 is 5.97 Å². The molecule has 0 aliphatic carbocycles. The smallest absolute Gasteiger partial charge is 0.333 e. The molecular weight excluding hydrogens is 436 g/mol. The van der Waals surface area contributed by atoms with Gasteiger partial charge in [-0.25, -0.2) is 4.79 Å². The van der Waals surface area contributed by atoms with Gasteiger partial charge in [0.2, 0.25) is 5.91 Å². The Morgan fingerprint density at radius 2 is 1.61 bits per heavy atom. The summed E-state index contributed by atoms with van der Waals surface area (Å²) in [5.41, 5.74) is 2.75. The molecule has 172 valence electrons. The topological polar surface area (TPSA) is 68.6 Å². The molecule has 0 spiro atoms. The maximum Gasteiger partial charge on any atom is 0.333 e. The Balaban J connectivity index is 2.02. The van der Waals surface area contributed by atoms with E-state index in [-0.39, 0.29) is 24.6 Å². The molecule has 0 saturated carbocycles. The van der Waals surface area contributed by atoms with Crippen molar-refractivity contribution in [1.29, 1.82) is 0 Å². The van der Waals surface area contributed by atoms with Crippen molar-refractivity contribution in [2.75, 3.05) is 19.7 Å². The lowest BCUT2D eigenvalue weighted by molar-refractivity contribution is -0.135. The van der Waals surface area contributed by atoms with Gasteiger partial charge in [0.15, 0.2) is 0 Å². The van der Waals surface area contributed by atoms with Crippen LogP contribution in [0.25, 0.3) is 23.3 Å². The van der Waals surface area contributed by atoms with Gasteiger partial charge in [-0.1, -0.05) is 54.6 Å². The molecule has 7 heteroatoms. The van der Waals surface area contributed by atoms with E-state index in [1.165, 1.54) is 22.0 Å². The summed E-state index contributed by atoms with van der Waals surface area (Å²) in [6.45, 7) is 6.72. The van der Waals surface area contributed by atoms with Crippen LogP contribution in [0.2, 0.25) is 0 Å². The maximum atomic E-state index is 13.2. The molecule has 0 bridgehead atoms. The number of benzene rings is 2. The first kappa shape index (κ1) is 24.2. The fraction of sp³-hybridized carbons (Fsp3) is 0.269. The van der Waals surface area contributed by atoms with Crippen molar-refractivity contribution in [3.8, 4) is 11.1 Å². The summed E-state index contributed by atoms with van der Waals surface area (Å²) in [5, 5.41) is 0. The number of esters is 1. The minimum atomic E-state index is -0.540. The predicted octanol–water partition coefficient (Wildman–Crippen LogP) is 2.62. The lowest BCUT2D eigenvalue weighted by atomic mass is 10.0. The van der Waals surface area contributed by atoms with E-state index in [1.807, 2.05) is 68.4 Å². The van der Waals surface area contributed by atoms with Gasteiger partial charge in [0, 0.05) is 13.1 Å². The van der Waals surface area contributed by atoms with Crippen LogP contribution in [0.3, 0.4) is 0 Å². The van der Waals surface area contributed by atoms with Crippen LogP contribution in [0.5, 0.6) is 0 Å². The summed E-state index contributed by atoms with van der Waals surface area (Å²) >= 11 is 1.17. The highest BCUT2D eigenvalue weighted by Crippen LogP contribution is 2.19. The van der Waals surface area contributed by atoms with Crippen molar-refractivity contribution in [3.05, 3.63) is 79.7 Å². The molecule has 0 unspecified atom stereocenters. The van der Waals surface area contributed by atoms with E-state index < -0.39 is 5.97 Å². The van der Waals surface area contributed by atoms with Gasteiger partial charge in [-0.05, 0) is 43.5 Å². The van der Waals surface area contributed by atoms with Crippen LogP contribution in [0.4, 0.5) is 0 Å². The number of rotatable bonds is 8. The molecule has 0 aliphatic rings. The molecule has 0 fully saturated rings. The first-order valence-corrected chi connectivity index (χ1v) is 11.8. The third-order valence-corrected chi connectivity index (χ3v) is 6.25. The summed E-state index contributed by atoms with van der Waals surface area (Å²) in [6.07, 6.45) is 3.06. The van der Waals surface area contributed by atoms with Crippen LogP contribution in [-0.2, 0) is 20.9 Å². The number of thiazole rings is 1. The van der Waals surface area contributed by atoms with E-state index in [0.717, 1.165) is 16.7 Å². The SMILES string of the molecule is CCOC(=O)/C=c1\s/c(=C\c2ccc(-c3ccccc3)cc2)c(=O)n1CC(=O)N(CC)CC. The molecule has 3 rings (SSSR count). The predicted molar refractivity (Wildman–Crippen MR) is 132 cm³/mol. The van der Waals surface area contributed by atoms with Gasteiger partial charge in [0.1, 0.15) is 11.2 Å². The second-order valence-electron chi connectivity index (χ2n) is 7.29. The van der Waals surface area contributed by atoms with Crippen molar-refractivity contribution in [2.45, 2.75) is 27.3 Å². The maximum absolute atomic E-state index is 13.2. The van der Waals surface area contributed by atoms with Crippen molar-refractivity contribution >= 4 is 35.4 Å². The highest BCUT2D eigenvalue weighted by atomic mass is 32.1. The van der Waals surface area contributed by atoms with Gasteiger partial charge in [-0.3, -0.25) is 14.2 Å². The highest BCUT2D eigenvalue weighted by Gasteiger charge is 2.14. The molecular formula is C26H28N2O4S. The van der Waals surface area contributed by atoms with Gasteiger partial charge in [0.05, 0.1) is 17.2 Å². The van der Waals surface area contributed by atoms with Crippen LogP contribution < -0.4 is 14.8 Å². The third kappa shape index (κ3) is 6.08. The summed E-state index contributed by atoms with van der Waals surface area (Å²) in [5.74, 6) is -0.710. The minimum Gasteiger partial charge on any atom is -0.463 e. The number of aromatic nitrogens is 1. The molecule has 1 heterocycles. The molecule has 0 N–H and O–H groups in total. The molecule has 1 aromatic heterocycles. The molecule has 1 amide bonds. The first-order valence-electron chi connectivity index (χ1n) is 11.0. The Morgan fingerprint density at radius 3 is 2.21 bits per heavy atom. The molecule has 6 nitrogen and oxygen atoms in total. The lowest BCUT2D eigenvalue weighted by Crippen LogP contribution is -2.40. The largest absolute Gasteiger partial charge is 0.463 e.